The summed E-state index contributed by atoms with van der Waals surface area (Å²) in [7, 11) is -4.10. The van der Waals surface area contributed by atoms with E-state index in [-0.39, 0.29) is 23.6 Å². The molecule has 0 aliphatic rings. The second-order valence-corrected chi connectivity index (χ2v) is 5.05. The number of hydrogen-bond acceptors (Lipinski definition) is 4. The topological polar surface area (TPSA) is 132 Å². The normalized spacial score (nSPS) is 11.0. The lowest BCUT2D eigenvalue weighted by atomic mass is 10.2. The minimum Gasteiger partial charge on any atom is -0.366 e. The molecule has 0 unspecified atom stereocenters. The van der Waals surface area contributed by atoms with Gasteiger partial charge in [0.05, 0.1) is 10.5 Å². The molecule has 0 heterocycles. The number of carbonyl (C=O) groups is 2. The molecular weight excluding hydrogens is 258 g/mol. The Morgan fingerprint density at radius 3 is 2.39 bits per heavy atom. The van der Waals surface area contributed by atoms with Crippen LogP contribution in [0.2, 0.25) is 0 Å². The predicted octanol–water partition coefficient (Wildman–Crippen LogP) is -0.219. The first-order valence-corrected chi connectivity index (χ1v) is 6.57. The third-order valence-corrected chi connectivity index (χ3v) is 3.11. The van der Waals surface area contributed by atoms with E-state index in [4.69, 9.17) is 10.9 Å². The summed E-state index contributed by atoms with van der Waals surface area (Å²) in [4.78, 5) is 21.8. The highest BCUT2D eigenvalue weighted by molar-refractivity contribution is 7.89. The van der Waals surface area contributed by atoms with Crippen LogP contribution in [0.1, 0.15) is 23.7 Å². The zero-order chi connectivity index (χ0) is 13.9. The third-order valence-electron chi connectivity index (χ3n) is 2.16. The molecule has 98 valence electrons. The Kier molecular flexibility index (Phi) is 4.04. The minimum absolute atomic E-state index is 0.216. The molecule has 8 heteroatoms. The van der Waals surface area contributed by atoms with E-state index in [1.807, 2.05) is 0 Å². The lowest BCUT2D eigenvalue weighted by molar-refractivity contribution is -0.115. The SMILES string of the molecule is CCC(=O)Nc1ccc(C(N)=O)c(S(N)(=O)=O)c1. The fourth-order valence-corrected chi connectivity index (χ4v) is 2.05. The molecule has 1 aromatic carbocycles. The Labute approximate surface area is 104 Å². The number of carbonyl (C=O) groups excluding carboxylic acids is 2. The van der Waals surface area contributed by atoms with Crippen LogP contribution >= 0.6 is 0 Å². The molecule has 7 nitrogen and oxygen atoms in total. The largest absolute Gasteiger partial charge is 0.366 e. The molecule has 1 rings (SSSR count). The second-order valence-electron chi connectivity index (χ2n) is 3.52. The van der Waals surface area contributed by atoms with Crippen molar-refractivity contribution in [3.63, 3.8) is 0 Å². The molecule has 0 aliphatic heterocycles. The van der Waals surface area contributed by atoms with Crippen molar-refractivity contribution in [3.05, 3.63) is 23.8 Å². The van der Waals surface area contributed by atoms with Gasteiger partial charge in [0.15, 0.2) is 0 Å². The summed E-state index contributed by atoms with van der Waals surface area (Å²) in [6, 6.07) is 3.68. The summed E-state index contributed by atoms with van der Waals surface area (Å²) in [5.74, 6) is -1.20. The van der Waals surface area contributed by atoms with Crippen molar-refractivity contribution < 1.29 is 18.0 Å². The first kappa shape index (κ1) is 14.1. The first-order chi connectivity index (χ1) is 8.25. The molecule has 0 saturated carbocycles. The predicted molar refractivity (Wildman–Crippen MR) is 65.3 cm³/mol. The molecule has 0 fully saturated rings. The van der Waals surface area contributed by atoms with Gasteiger partial charge in [-0.15, -0.1) is 0 Å². The first-order valence-electron chi connectivity index (χ1n) is 5.02. The van der Waals surface area contributed by atoms with Crippen LogP contribution in [0.3, 0.4) is 0 Å². The number of sulfonamides is 1. The number of amides is 2. The Morgan fingerprint density at radius 2 is 1.94 bits per heavy atom. The molecule has 0 aromatic heterocycles. The summed E-state index contributed by atoms with van der Waals surface area (Å²) in [6.07, 6.45) is 0.238. The van der Waals surface area contributed by atoms with Gasteiger partial charge in [-0.05, 0) is 18.2 Å². The van der Waals surface area contributed by atoms with Crippen molar-refractivity contribution in [1.29, 1.82) is 0 Å². The molecule has 0 saturated heterocycles. The molecule has 0 radical (unpaired) electrons. The highest BCUT2D eigenvalue weighted by Gasteiger charge is 2.18. The van der Waals surface area contributed by atoms with Gasteiger partial charge in [0.25, 0.3) is 0 Å². The van der Waals surface area contributed by atoms with Crippen LogP contribution < -0.4 is 16.2 Å². The Hall–Kier alpha value is -1.93. The highest BCUT2D eigenvalue weighted by atomic mass is 32.2. The van der Waals surface area contributed by atoms with Crippen LogP contribution in [0, 0.1) is 0 Å². The van der Waals surface area contributed by atoms with Crippen molar-refractivity contribution in [3.8, 4) is 0 Å². The van der Waals surface area contributed by atoms with Gasteiger partial charge < -0.3 is 11.1 Å². The van der Waals surface area contributed by atoms with E-state index in [1.54, 1.807) is 6.92 Å². The van der Waals surface area contributed by atoms with Crippen molar-refractivity contribution >= 4 is 27.5 Å². The van der Waals surface area contributed by atoms with Crippen LogP contribution in [0.25, 0.3) is 0 Å². The molecule has 18 heavy (non-hydrogen) atoms. The number of nitrogens with two attached hydrogens (primary N) is 2. The standard InChI is InChI=1S/C10H13N3O4S/c1-2-9(14)13-6-3-4-7(10(11)15)8(5-6)18(12,16)17/h3-5H,2H2,1H3,(H2,11,15)(H,13,14)(H2,12,16,17). The number of nitrogens with one attached hydrogen (secondary N) is 1. The summed E-state index contributed by atoms with van der Waals surface area (Å²) < 4.78 is 22.6. The van der Waals surface area contributed by atoms with Crippen LogP contribution in [0.5, 0.6) is 0 Å². The maximum absolute atomic E-state index is 11.3. The van der Waals surface area contributed by atoms with Crippen molar-refractivity contribution in [2.45, 2.75) is 18.2 Å². The number of primary sulfonamides is 1. The zero-order valence-electron chi connectivity index (χ0n) is 9.64. The van der Waals surface area contributed by atoms with Crippen LogP contribution in [0.4, 0.5) is 5.69 Å². The van der Waals surface area contributed by atoms with Crippen molar-refractivity contribution in [2.24, 2.45) is 10.9 Å². The van der Waals surface area contributed by atoms with Crippen LogP contribution in [0.15, 0.2) is 23.1 Å². The average Bonchev–Trinajstić information content (AvgIpc) is 2.27. The van der Waals surface area contributed by atoms with E-state index in [9.17, 15) is 18.0 Å². The second kappa shape index (κ2) is 5.15. The van der Waals surface area contributed by atoms with E-state index in [0.717, 1.165) is 6.07 Å². The van der Waals surface area contributed by atoms with Gasteiger partial charge >= 0.3 is 0 Å². The van der Waals surface area contributed by atoms with Gasteiger partial charge in [-0.3, -0.25) is 9.59 Å². The van der Waals surface area contributed by atoms with E-state index < -0.39 is 20.8 Å². The van der Waals surface area contributed by atoms with E-state index in [1.165, 1.54) is 12.1 Å². The lowest BCUT2D eigenvalue weighted by Gasteiger charge is -2.08. The van der Waals surface area contributed by atoms with Gasteiger partial charge in [-0.2, -0.15) is 0 Å². The summed E-state index contributed by atoms with van der Waals surface area (Å²) in [6.45, 7) is 1.65. The molecule has 2 amide bonds. The monoisotopic (exact) mass is 271 g/mol. The van der Waals surface area contributed by atoms with E-state index in [2.05, 4.69) is 5.32 Å². The smallest absolute Gasteiger partial charge is 0.250 e. The molecular formula is C10H13N3O4S. The Balaban J connectivity index is 3.31. The van der Waals surface area contributed by atoms with E-state index >= 15 is 0 Å². The summed E-state index contributed by atoms with van der Waals surface area (Å²) in [5, 5.41) is 7.44. The van der Waals surface area contributed by atoms with Crippen LogP contribution in [-0.2, 0) is 14.8 Å². The van der Waals surface area contributed by atoms with Crippen molar-refractivity contribution in [1.82, 2.24) is 0 Å². The fourth-order valence-electron chi connectivity index (χ4n) is 1.29. The van der Waals surface area contributed by atoms with E-state index in [0.29, 0.717) is 0 Å². The minimum atomic E-state index is -4.10. The molecule has 0 bridgehead atoms. The van der Waals surface area contributed by atoms with Gasteiger partial charge in [0, 0.05) is 12.1 Å². The number of rotatable bonds is 4. The van der Waals surface area contributed by atoms with Gasteiger partial charge in [-0.1, -0.05) is 6.92 Å². The fraction of sp³-hybridized carbons (Fsp3) is 0.200. The average molecular weight is 271 g/mol. The highest BCUT2D eigenvalue weighted by Crippen LogP contribution is 2.19. The van der Waals surface area contributed by atoms with Gasteiger partial charge in [0.2, 0.25) is 21.8 Å². The number of benzene rings is 1. The van der Waals surface area contributed by atoms with Gasteiger partial charge in [-0.25, -0.2) is 13.6 Å². The third kappa shape index (κ3) is 3.28. The van der Waals surface area contributed by atoms with Crippen molar-refractivity contribution in [2.75, 3.05) is 5.32 Å². The Bertz CT molecular complexity index is 595. The number of anilines is 1. The summed E-state index contributed by atoms with van der Waals surface area (Å²) in [5.41, 5.74) is 5.06. The molecule has 0 atom stereocenters. The van der Waals surface area contributed by atoms with Crippen LogP contribution in [-0.4, -0.2) is 20.2 Å². The molecule has 1 aromatic rings. The number of primary amides is 1. The maximum atomic E-state index is 11.3. The maximum Gasteiger partial charge on any atom is 0.250 e. The van der Waals surface area contributed by atoms with Gasteiger partial charge in [0.1, 0.15) is 0 Å². The molecule has 0 aliphatic carbocycles. The Morgan fingerprint density at radius 1 is 1.33 bits per heavy atom. The zero-order valence-corrected chi connectivity index (χ0v) is 10.5. The summed E-state index contributed by atoms with van der Waals surface area (Å²) >= 11 is 0. The quantitative estimate of drug-likeness (QED) is 0.698. The lowest BCUT2D eigenvalue weighted by Crippen LogP contribution is -2.21. The molecule has 5 N–H and O–H groups in total. The molecule has 0 spiro atoms. The number of hydrogen-bond donors (Lipinski definition) is 3.